The van der Waals surface area contributed by atoms with Crippen LogP contribution in [0.5, 0.6) is 0 Å². The zero-order valence-electron chi connectivity index (χ0n) is 18.1. The lowest BCUT2D eigenvalue weighted by atomic mass is 9.96. The Balaban J connectivity index is 0.000000260. The number of amides is 1. The molecule has 2 fully saturated rings. The van der Waals surface area contributed by atoms with Crippen LogP contribution in [0.25, 0.3) is 11.1 Å². The Labute approximate surface area is 183 Å². The second-order valence-electron chi connectivity index (χ2n) is 7.09. The molecular weight excluding hydrogens is 406 g/mol. The van der Waals surface area contributed by atoms with Crippen LogP contribution in [0.3, 0.4) is 0 Å². The van der Waals surface area contributed by atoms with Gasteiger partial charge in [0, 0.05) is 13.0 Å². The number of methoxy groups -OCH3 is 1. The molecule has 1 saturated carbocycles. The highest BCUT2D eigenvalue weighted by molar-refractivity contribution is 7.79. The highest BCUT2D eigenvalue weighted by atomic mass is 32.1. The molecule has 0 spiro atoms. The highest BCUT2D eigenvalue weighted by Gasteiger charge is 2.45. The van der Waals surface area contributed by atoms with Gasteiger partial charge in [0.05, 0.1) is 24.3 Å². The third-order valence-electron chi connectivity index (χ3n) is 4.81. The van der Waals surface area contributed by atoms with Crippen molar-refractivity contribution >= 4 is 18.5 Å². The van der Waals surface area contributed by atoms with Crippen LogP contribution in [0.1, 0.15) is 19.8 Å². The molecule has 2 N–H and O–H groups in total. The fourth-order valence-corrected chi connectivity index (χ4v) is 3.01. The SMILES string of the molecule is CN.COC1(C)CN(C(=O)C2CC2)C1.CS.Fc1cccc(F)c1-c1ccccc1. The van der Waals surface area contributed by atoms with E-state index in [0.29, 0.717) is 17.4 Å². The van der Waals surface area contributed by atoms with Crippen molar-refractivity contribution in [3.05, 3.63) is 60.2 Å². The molecule has 0 atom stereocenters. The first-order chi connectivity index (χ1) is 14.4. The lowest BCUT2D eigenvalue weighted by Gasteiger charge is -2.46. The van der Waals surface area contributed by atoms with E-state index in [1.165, 1.54) is 25.2 Å². The quantitative estimate of drug-likeness (QED) is 0.699. The molecule has 1 amide bonds. The number of carbonyl (C=O) groups is 1. The smallest absolute Gasteiger partial charge is 0.225 e. The van der Waals surface area contributed by atoms with Crippen molar-refractivity contribution in [3.8, 4) is 11.1 Å². The van der Waals surface area contributed by atoms with E-state index in [-0.39, 0.29) is 11.2 Å². The first-order valence-electron chi connectivity index (χ1n) is 9.79. The standard InChI is InChI=1S/C12H8F2.C9H15NO2.CH5N.CH4S/c13-10-7-4-8-11(14)12(10)9-5-2-1-3-6-9;1-9(12-2)5-10(6-9)8(11)7-3-4-7;2*1-2/h1-8H;7H,3-6H2,1-2H3;2H2,1H3;2H,1H3. The van der Waals surface area contributed by atoms with Crippen LogP contribution < -0.4 is 5.73 Å². The maximum absolute atomic E-state index is 13.3. The van der Waals surface area contributed by atoms with Gasteiger partial charge >= 0.3 is 0 Å². The van der Waals surface area contributed by atoms with Gasteiger partial charge in [0.25, 0.3) is 0 Å². The van der Waals surface area contributed by atoms with Crippen LogP contribution >= 0.6 is 12.6 Å². The first-order valence-corrected chi connectivity index (χ1v) is 10.7. The summed E-state index contributed by atoms with van der Waals surface area (Å²) in [6.07, 6.45) is 3.89. The Hall–Kier alpha value is -1.96. The summed E-state index contributed by atoms with van der Waals surface area (Å²) in [6.45, 7) is 3.60. The van der Waals surface area contributed by atoms with E-state index >= 15 is 0 Å². The number of carbonyl (C=O) groups excluding carboxylic acids is 1. The van der Waals surface area contributed by atoms with E-state index in [1.807, 2.05) is 17.9 Å². The van der Waals surface area contributed by atoms with Crippen LogP contribution in [-0.2, 0) is 9.53 Å². The molecule has 2 aromatic rings. The maximum Gasteiger partial charge on any atom is 0.225 e. The predicted octanol–water partition coefficient (Wildman–Crippen LogP) is 4.40. The highest BCUT2D eigenvalue weighted by Crippen LogP contribution is 2.35. The van der Waals surface area contributed by atoms with E-state index < -0.39 is 11.6 Å². The minimum Gasteiger partial charge on any atom is -0.375 e. The van der Waals surface area contributed by atoms with E-state index in [9.17, 15) is 13.6 Å². The van der Waals surface area contributed by atoms with Gasteiger partial charge in [0.1, 0.15) is 11.6 Å². The summed E-state index contributed by atoms with van der Waals surface area (Å²) >= 11 is 3.53. The van der Waals surface area contributed by atoms with Crippen molar-refractivity contribution in [2.45, 2.75) is 25.4 Å². The number of thiol groups is 1. The van der Waals surface area contributed by atoms with Crippen molar-refractivity contribution in [3.63, 3.8) is 0 Å². The van der Waals surface area contributed by atoms with Crippen LogP contribution in [0.15, 0.2) is 48.5 Å². The molecule has 1 heterocycles. The topological polar surface area (TPSA) is 55.6 Å². The number of benzene rings is 2. The minimum atomic E-state index is -0.531. The summed E-state index contributed by atoms with van der Waals surface area (Å²) < 4.78 is 31.9. The molecule has 0 unspecified atom stereocenters. The number of nitrogens with zero attached hydrogens (tertiary/aromatic N) is 1. The lowest BCUT2D eigenvalue weighted by Crippen LogP contribution is -2.63. The number of halogens is 2. The molecule has 4 nitrogen and oxygen atoms in total. The molecule has 1 aliphatic heterocycles. The lowest BCUT2D eigenvalue weighted by molar-refractivity contribution is -0.159. The van der Waals surface area contributed by atoms with Gasteiger partial charge in [0.15, 0.2) is 0 Å². The predicted molar refractivity (Wildman–Crippen MR) is 122 cm³/mol. The normalized spacial score (nSPS) is 15.8. The Morgan fingerprint density at radius 2 is 1.53 bits per heavy atom. The second-order valence-corrected chi connectivity index (χ2v) is 7.09. The number of hydrogen-bond donors (Lipinski definition) is 2. The average Bonchev–Trinajstić information content (AvgIpc) is 3.60. The van der Waals surface area contributed by atoms with Crippen molar-refractivity contribution in [2.75, 3.05) is 33.5 Å². The average molecular weight is 439 g/mol. The molecule has 4 rings (SSSR count). The van der Waals surface area contributed by atoms with Gasteiger partial charge < -0.3 is 15.4 Å². The van der Waals surface area contributed by atoms with Crippen LogP contribution in [0.4, 0.5) is 8.78 Å². The third kappa shape index (κ3) is 7.07. The number of likely N-dealkylation sites (tertiary alicyclic amines) is 1. The Kier molecular flexibility index (Phi) is 11.0. The monoisotopic (exact) mass is 438 g/mol. The van der Waals surface area contributed by atoms with Gasteiger partial charge in [-0.05, 0) is 50.8 Å². The van der Waals surface area contributed by atoms with Crippen LogP contribution in [-0.4, -0.2) is 49.9 Å². The summed E-state index contributed by atoms with van der Waals surface area (Å²) in [4.78, 5) is 13.4. The second kappa shape index (κ2) is 12.7. The fraction of sp³-hybridized carbons (Fsp3) is 0.435. The molecule has 166 valence electrons. The molecule has 0 radical (unpaired) electrons. The molecule has 1 aliphatic carbocycles. The largest absolute Gasteiger partial charge is 0.375 e. The molecule has 1 saturated heterocycles. The first kappa shape index (κ1) is 26.1. The fourth-order valence-electron chi connectivity index (χ4n) is 3.01. The van der Waals surface area contributed by atoms with Gasteiger partial charge in [-0.15, -0.1) is 0 Å². The van der Waals surface area contributed by atoms with Crippen molar-refractivity contribution in [1.29, 1.82) is 0 Å². The van der Waals surface area contributed by atoms with Crippen molar-refractivity contribution in [1.82, 2.24) is 4.90 Å². The molecular formula is C23H32F2N2O2S. The van der Waals surface area contributed by atoms with Gasteiger partial charge in [-0.3, -0.25) is 4.79 Å². The molecule has 2 aromatic carbocycles. The molecule has 7 heteroatoms. The number of rotatable bonds is 3. The van der Waals surface area contributed by atoms with E-state index in [4.69, 9.17) is 4.74 Å². The summed E-state index contributed by atoms with van der Waals surface area (Å²) in [5, 5.41) is 0. The Morgan fingerprint density at radius 1 is 1.03 bits per heavy atom. The van der Waals surface area contributed by atoms with Gasteiger partial charge in [-0.25, -0.2) is 8.78 Å². The number of nitrogens with two attached hydrogens (primary N) is 1. The van der Waals surface area contributed by atoms with Gasteiger partial charge in [0.2, 0.25) is 5.91 Å². The van der Waals surface area contributed by atoms with Crippen LogP contribution in [0.2, 0.25) is 0 Å². The molecule has 0 aromatic heterocycles. The molecule has 0 bridgehead atoms. The van der Waals surface area contributed by atoms with Crippen LogP contribution in [0, 0.1) is 17.6 Å². The van der Waals surface area contributed by atoms with E-state index in [0.717, 1.165) is 25.9 Å². The molecule has 30 heavy (non-hydrogen) atoms. The Morgan fingerprint density at radius 3 is 1.97 bits per heavy atom. The summed E-state index contributed by atoms with van der Waals surface area (Å²) in [6, 6.07) is 12.5. The van der Waals surface area contributed by atoms with Crippen molar-refractivity contribution < 1.29 is 18.3 Å². The third-order valence-corrected chi connectivity index (χ3v) is 4.81. The zero-order chi connectivity index (χ0) is 22.7. The van der Waals surface area contributed by atoms with Gasteiger partial charge in [-0.1, -0.05) is 36.4 Å². The number of ether oxygens (including phenoxy) is 1. The summed E-state index contributed by atoms with van der Waals surface area (Å²) in [5.41, 5.74) is 5.03. The zero-order valence-corrected chi connectivity index (χ0v) is 19.0. The maximum atomic E-state index is 13.3. The summed E-state index contributed by atoms with van der Waals surface area (Å²) in [7, 11) is 3.21. The summed E-state index contributed by atoms with van der Waals surface area (Å²) in [5.74, 6) is -0.372. The van der Waals surface area contributed by atoms with Gasteiger partial charge in [-0.2, -0.15) is 12.6 Å². The minimum absolute atomic E-state index is 0.0353. The number of hydrogen-bond acceptors (Lipinski definition) is 4. The molecule has 2 aliphatic rings. The van der Waals surface area contributed by atoms with Crippen molar-refractivity contribution in [2.24, 2.45) is 11.7 Å². The van der Waals surface area contributed by atoms with E-state index in [1.54, 1.807) is 37.6 Å². The Bertz CT molecular complexity index is 760. The van der Waals surface area contributed by atoms with E-state index in [2.05, 4.69) is 18.4 Å².